The third-order valence-corrected chi connectivity index (χ3v) is 2.65. The largest absolute Gasteiger partial charge is 0.481 e. The molecule has 6 nitrogen and oxygen atoms in total. The Hall–Kier alpha value is -1.44. The summed E-state index contributed by atoms with van der Waals surface area (Å²) in [6.07, 6.45) is 0.472. The number of hydrogen-bond acceptors (Lipinski definition) is 4. The van der Waals surface area contributed by atoms with E-state index in [-0.39, 0.29) is 12.3 Å². The molecule has 118 valence electrons. The minimum Gasteiger partial charge on any atom is -0.481 e. The highest BCUT2D eigenvalue weighted by Crippen LogP contribution is 2.15. The van der Waals surface area contributed by atoms with Gasteiger partial charge in [-0.1, -0.05) is 22.0 Å². The summed E-state index contributed by atoms with van der Waals surface area (Å²) in [4.78, 5) is 21.0. The number of methoxy groups -OCH3 is 2. The third kappa shape index (κ3) is 12.0. The summed E-state index contributed by atoms with van der Waals surface area (Å²) in [7, 11) is 3.05. The molecule has 1 aromatic rings. The van der Waals surface area contributed by atoms with Crippen molar-refractivity contribution in [3.05, 3.63) is 28.7 Å². The van der Waals surface area contributed by atoms with Crippen LogP contribution in [0.2, 0.25) is 0 Å². The number of benzene rings is 1. The summed E-state index contributed by atoms with van der Waals surface area (Å²) in [5.74, 6) is -0.855. The van der Waals surface area contributed by atoms with Crippen LogP contribution in [0.4, 0.5) is 5.69 Å². The van der Waals surface area contributed by atoms with Crippen LogP contribution in [0.15, 0.2) is 28.7 Å². The number of nitrogens with one attached hydrogen (secondary N) is 1. The van der Waals surface area contributed by atoms with Crippen LogP contribution in [0.5, 0.6) is 0 Å². The molecule has 7 heteroatoms. The lowest BCUT2D eigenvalue weighted by atomic mass is 10.3. The molecule has 0 aliphatic heterocycles. The van der Waals surface area contributed by atoms with Crippen molar-refractivity contribution in [3.63, 3.8) is 0 Å². The second-order valence-corrected chi connectivity index (χ2v) is 4.85. The minimum atomic E-state index is -0.818. The summed E-state index contributed by atoms with van der Waals surface area (Å²) in [5, 5.41) is 10.7. The first-order valence-corrected chi connectivity index (χ1v) is 7.04. The fourth-order valence-corrected chi connectivity index (χ4v) is 1.57. The Labute approximate surface area is 132 Å². The number of rotatable bonds is 7. The van der Waals surface area contributed by atoms with Crippen molar-refractivity contribution < 1.29 is 24.2 Å². The summed E-state index contributed by atoms with van der Waals surface area (Å²) in [6.45, 7) is 0.745. The van der Waals surface area contributed by atoms with Gasteiger partial charge < -0.3 is 19.9 Å². The van der Waals surface area contributed by atoms with Crippen molar-refractivity contribution in [2.45, 2.75) is 12.8 Å². The molecule has 1 aromatic carbocycles. The van der Waals surface area contributed by atoms with Crippen LogP contribution in [0.3, 0.4) is 0 Å². The molecule has 0 radical (unpaired) electrons. The van der Waals surface area contributed by atoms with Gasteiger partial charge in [-0.2, -0.15) is 0 Å². The van der Waals surface area contributed by atoms with E-state index in [4.69, 9.17) is 9.84 Å². The number of hydrogen-bond donors (Lipinski definition) is 2. The van der Waals surface area contributed by atoms with Crippen molar-refractivity contribution in [3.8, 4) is 0 Å². The summed E-state index contributed by atoms with van der Waals surface area (Å²) in [6, 6.07) is 7.47. The number of anilines is 1. The van der Waals surface area contributed by atoms with E-state index in [9.17, 15) is 9.59 Å². The fourth-order valence-electron chi connectivity index (χ4n) is 1.17. The van der Waals surface area contributed by atoms with Crippen LogP contribution < -0.4 is 5.32 Å². The van der Waals surface area contributed by atoms with E-state index in [1.54, 1.807) is 7.11 Å². The third-order valence-electron chi connectivity index (χ3n) is 2.16. The van der Waals surface area contributed by atoms with Gasteiger partial charge in [-0.3, -0.25) is 9.59 Å². The second kappa shape index (κ2) is 12.3. The predicted octanol–water partition coefficient (Wildman–Crippen LogP) is 2.53. The normalized spacial score (nSPS) is 9.48. The number of carbonyl (C=O) groups is 2. The number of ether oxygens (including phenoxy) is 2. The first-order valence-electron chi connectivity index (χ1n) is 6.24. The van der Waals surface area contributed by atoms with E-state index in [1.165, 1.54) is 7.11 Å². The van der Waals surface area contributed by atoms with Crippen LogP contribution in [-0.4, -0.2) is 44.4 Å². The molecule has 1 amide bonds. The SMILES string of the molecule is COCCC(=O)Nc1cccc(Br)c1.COCCC(=O)O. The van der Waals surface area contributed by atoms with E-state index in [0.717, 1.165) is 10.2 Å². The molecule has 0 aromatic heterocycles. The van der Waals surface area contributed by atoms with Crippen molar-refractivity contribution in [1.82, 2.24) is 0 Å². The molecule has 0 bridgehead atoms. The maximum atomic E-state index is 11.3. The van der Waals surface area contributed by atoms with Crippen molar-refractivity contribution in [2.75, 3.05) is 32.8 Å². The smallest absolute Gasteiger partial charge is 0.305 e. The summed E-state index contributed by atoms with van der Waals surface area (Å²) < 4.78 is 10.2. The zero-order valence-electron chi connectivity index (χ0n) is 12.1. The monoisotopic (exact) mass is 361 g/mol. The average molecular weight is 362 g/mol. The molecule has 0 aliphatic rings. The van der Waals surface area contributed by atoms with Crippen LogP contribution in [0, 0.1) is 0 Å². The number of carboxylic acid groups (broad SMARTS) is 1. The molecule has 0 unspecified atom stereocenters. The van der Waals surface area contributed by atoms with E-state index < -0.39 is 5.97 Å². The van der Waals surface area contributed by atoms with E-state index >= 15 is 0 Å². The van der Waals surface area contributed by atoms with Gasteiger partial charge in [0.15, 0.2) is 0 Å². The number of carbonyl (C=O) groups excluding carboxylic acids is 1. The minimum absolute atomic E-state index is 0.0371. The fraction of sp³-hybridized carbons (Fsp3) is 0.429. The van der Waals surface area contributed by atoms with Gasteiger partial charge in [-0.25, -0.2) is 0 Å². The lowest BCUT2D eigenvalue weighted by Gasteiger charge is -2.04. The van der Waals surface area contributed by atoms with Gasteiger partial charge in [0.2, 0.25) is 5.91 Å². The Morgan fingerprint density at radius 2 is 1.81 bits per heavy atom. The average Bonchev–Trinajstić information content (AvgIpc) is 2.43. The number of carboxylic acids is 1. The van der Waals surface area contributed by atoms with Crippen molar-refractivity contribution in [2.24, 2.45) is 0 Å². The lowest BCUT2D eigenvalue weighted by molar-refractivity contribution is -0.138. The standard InChI is InChI=1S/C10H12BrNO2.C4H8O3/c1-14-6-5-10(13)12-9-4-2-3-8(11)7-9;1-7-3-2-4(5)6/h2-4,7H,5-6H2,1H3,(H,12,13);2-3H2,1H3,(H,5,6). The first kappa shape index (κ1) is 19.6. The van der Waals surface area contributed by atoms with Gasteiger partial charge >= 0.3 is 5.97 Å². The van der Waals surface area contributed by atoms with Crippen LogP contribution in [-0.2, 0) is 19.1 Å². The maximum absolute atomic E-state index is 11.3. The second-order valence-electron chi connectivity index (χ2n) is 3.94. The molecule has 0 heterocycles. The highest BCUT2D eigenvalue weighted by atomic mass is 79.9. The van der Waals surface area contributed by atoms with E-state index in [2.05, 4.69) is 26.0 Å². The van der Waals surface area contributed by atoms with Crippen LogP contribution >= 0.6 is 15.9 Å². The van der Waals surface area contributed by atoms with Crippen LogP contribution in [0.1, 0.15) is 12.8 Å². The molecule has 0 atom stereocenters. The molecule has 0 saturated heterocycles. The molecular formula is C14H20BrNO5. The topological polar surface area (TPSA) is 84.9 Å². The maximum Gasteiger partial charge on any atom is 0.305 e. The van der Waals surface area contributed by atoms with Crippen LogP contribution in [0.25, 0.3) is 0 Å². The summed E-state index contributed by atoms with van der Waals surface area (Å²) >= 11 is 3.33. The molecule has 1 rings (SSSR count). The van der Waals surface area contributed by atoms with E-state index in [1.807, 2.05) is 24.3 Å². The molecule has 21 heavy (non-hydrogen) atoms. The molecule has 0 saturated carbocycles. The lowest BCUT2D eigenvalue weighted by Crippen LogP contribution is -2.13. The first-order chi connectivity index (χ1) is 9.99. The predicted molar refractivity (Wildman–Crippen MR) is 83.4 cm³/mol. The Bertz CT molecular complexity index is 439. The van der Waals surface area contributed by atoms with Crippen molar-refractivity contribution >= 4 is 33.5 Å². The quantitative estimate of drug-likeness (QED) is 0.779. The Kier molecular flexibility index (Phi) is 11.5. The van der Waals surface area contributed by atoms with Gasteiger partial charge in [0.25, 0.3) is 0 Å². The summed E-state index contributed by atoms with van der Waals surface area (Å²) in [5.41, 5.74) is 0.792. The van der Waals surface area contributed by atoms with Gasteiger partial charge in [-0.05, 0) is 18.2 Å². The Morgan fingerprint density at radius 3 is 2.29 bits per heavy atom. The zero-order valence-corrected chi connectivity index (χ0v) is 13.7. The van der Waals surface area contributed by atoms with Gasteiger partial charge in [0.1, 0.15) is 0 Å². The molecule has 0 spiro atoms. The van der Waals surface area contributed by atoms with Gasteiger partial charge in [0, 0.05) is 24.4 Å². The number of amides is 1. The van der Waals surface area contributed by atoms with Crippen molar-refractivity contribution in [1.29, 1.82) is 0 Å². The highest BCUT2D eigenvalue weighted by molar-refractivity contribution is 9.10. The van der Waals surface area contributed by atoms with Gasteiger partial charge in [0.05, 0.1) is 26.1 Å². The molecular weight excluding hydrogens is 342 g/mol. The molecule has 2 N–H and O–H groups in total. The Balaban J connectivity index is 0.000000486. The zero-order chi connectivity index (χ0) is 16.1. The number of halogens is 1. The molecule has 0 fully saturated rings. The highest BCUT2D eigenvalue weighted by Gasteiger charge is 2.01. The molecule has 0 aliphatic carbocycles. The number of aliphatic carboxylic acids is 1. The Morgan fingerprint density at radius 1 is 1.19 bits per heavy atom. The van der Waals surface area contributed by atoms with E-state index in [0.29, 0.717) is 19.6 Å². The van der Waals surface area contributed by atoms with Gasteiger partial charge in [-0.15, -0.1) is 0 Å².